The number of aliphatic hydroxyl groups is 1. The minimum absolute atomic E-state index is 0.0981. The van der Waals surface area contributed by atoms with E-state index in [-0.39, 0.29) is 18.6 Å². The molecule has 1 unspecified atom stereocenters. The van der Waals surface area contributed by atoms with Gasteiger partial charge in [0.05, 0.1) is 0 Å². The number of hydrogen-bond donors (Lipinski definition) is 3. The quantitative estimate of drug-likeness (QED) is 0.640. The van der Waals surface area contributed by atoms with Crippen LogP contribution in [0.3, 0.4) is 0 Å². The second kappa shape index (κ2) is 8.34. The first-order chi connectivity index (χ1) is 7.88. The standard InChI is InChI=1S/C13H28N2O2/c1-9(2)12(10(3)4)7-15-13(17)14-6-11(5)8-16/h9-12,16H,6-8H2,1-5H3,(H2,14,15,17). The Labute approximate surface area is 105 Å². The van der Waals surface area contributed by atoms with Gasteiger partial charge < -0.3 is 15.7 Å². The number of hydrogen-bond acceptors (Lipinski definition) is 2. The van der Waals surface area contributed by atoms with E-state index in [0.29, 0.717) is 30.8 Å². The van der Waals surface area contributed by atoms with Gasteiger partial charge in [-0.3, -0.25) is 0 Å². The summed E-state index contributed by atoms with van der Waals surface area (Å²) in [5, 5.41) is 14.5. The van der Waals surface area contributed by atoms with Crippen LogP contribution in [0.2, 0.25) is 0 Å². The normalized spacial score (nSPS) is 13.2. The first-order valence-corrected chi connectivity index (χ1v) is 6.51. The summed E-state index contributed by atoms with van der Waals surface area (Å²) >= 11 is 0. The summed E-state index contributed by atoms with van der Waals surface area (Å²) in [7, 11) is 0. The topological polar surface area (TPSA) is 61.4 Å². The van der Waals surface area contributed by atoms with Crippen molar-refractivity contribution >= 4 is 6.03 Å². The minimum Gasteiger partial charge on any atom is -0.396 e. The Balaban J connectivity index is 3.89. The molecular formula is C13H28N2O2. The van der Waals surface area contributed by atoms with Crippen molar-refractivity contribution in [1.82, 2.24) is 10.6 Å². The van der Waals surface area contributed by atoms with Gasteiger partial charge in [-0.1, -0.05) is 34.6 Å². The Morgan fingerprint density at radius 3 is 1.88 bits per heavy atom. The van der Waals surface area contributed by atoms with E-state index in [1.54, 1.807) is 0 Å². The maximum Gasteiger partial charge on any atom is 0.314 e. The number of aliphatic hydroxyl groups excluding tert-OH is 1. The van der Waals surface area contributed by atoms with Crippen LogP contribution in [-0.2, 0) is 0 Å². The Bertz CT molecular complexity index is 209. The van der Waals surface area contributed by atoms with Gasteiger partial charge >= 0.3 is 6.03 Å². The fourth-order valence-corrected chi connectivity index (χ4v) is 1.85. The lowest BCUT2D eigenvalue weighted by atomic mass is 9.85. The van der Waals surface area contributed by atoms with Gasteiger partial charge in [0.15, 0.2) is 0 Å². The molecule has 4 heteroatoms. The molecule has 0 rings (SSSR count). The van der Waals surface area contributed by atoms with Crippen molar-refractivity contribution < 1.29 is 9.90 Å². The largest absolute Gasteiger partial charge is 0.396 e. The molecule has 102 valence electrons. The Morgan fingerprint density at radius 2 is 1.47 bits per heavy atom. The van der Waals surface area contributed by atoms with Crippen molar-refractivity contribution in [3.05, 3.63) is 0 Å². The molecule has 17 heavy (non-hydrogen) atoms. The number of amides is 2. The van der Waals surface area contributed by atoms with Crippen LogP contribution in [0.5, 0.6) is 0 Å². The number of carbonyl (C=O) groups is 1. The second-order valence-electron chi connectivity index (χ2n) is 5.53. The fourth-order valence-electron chi connectivity index (χ4n) is 1.85. The summed E-state index contributed by atoms with van der Waals surface area (Å²) in [6.45, 7) is 11.9. The number of nitrogens with one attached hydrogen (secondary N) is 2. The van der Waals surface area contributed by atoms with E-state index < -0.39 is 0 Å². The van der Waals surface area contributed by atoms with Gasteiger partial charge in [-0.05, 0) is 23.7 Å². The van der Waals surface area contributed by atoms with E-state index in [1.165, 1.54) is 0 Å². The van der Waals surface area contributed by atoms with Crippen molar-refractivity contribution in [2.45, 2.75) is 34.6 Å². The Kier molecular flexibility index (Phi) is 7.96. The van der Waals surface area contributed by atoms with E-state index in [0.717, 1.165) is 0 Å². The molecular weight excluding hydrogens is 216 g/mol. The van der Waals surface area contributed by atoms with Crippen LogP contribution in [0.25, 0.3) is 0 Å². The third-order valence-corrected chi connectivity index (χ3v) is 3.13. The Hall–Kier alpha value is -0.770. The second-order valence-corrected chi connectivity index (χ2v) is 5.53. The average Bonchev–Trinajstić information content (AvgIpc) is 2.25. The van der Waals surface area contributed by atoms with Crippen molar-refractivity contribution in [3.63, 3.8) is 0 Å². The molecule has 0 bridgehead atoms. The lowest BCUT2D eigenvalue weighted by Gasteiger charge is -2.25. The van der Waals surface area contributed by atoms with E-state index >= 15 is 0 Å². The zero-order valence-electron chi connectivity index (χ0n) is 11.8. The summed E-state index contributed by atoms with van der Waals surface area (Å²) < 4.78 is 0. The van der Waals surface area contributed by atoms with Gasteiger partial charge in [0.1, 0.15) is 0 Å². The van der Waals surface area contributed by atoms with Crippen LogP contribution in [-0.4, -0.2) is 30.8 Å². The van der Waals surface area contributed by atoms with Crippen LogP contribution < -0.4 is 10.6 Å². The highest BCUT2D eigenvalue weighted by Crippen LogP contribution is 2.19. The molecule has 0 aromatic rings. The van der Waals surface area contributed by atoms with Gasteiger partial charge in [0, 0.05) is 19.7 Å². The molecule has 0 radical (unpaired) electrons. The molecule has 0 aromatic carbocycles. The van der Waals surface area contributed by atoms with Crippen LogP contribution in [0.15, 0.2) is 0 Å². The summed E-state index contributed by atoms with van der Waals surface area (Å²) in [5.74, 6) is 1.72. The van der Waals surface area contributed by atoms with E-state index in [4.69, 9.17) is 5.11 Å². The molecule has 0 aliphatic carbocycles. The first-order valence-electron chi connectivity index (χ1n) is 6.51. The zero-order chi connectivity index (χ0) is 13.4. The fraction of sp³-hybridized carbons (Fsp3) is 0.923. The van der Waals surface area contributed by atoms with Gasteiger partial charge in [-0.2, -0.15) is 0 Å². The summed E-state index contributed by atoms with van der Waals surface area (Å²) in [6, 6.07) is -0.142. The molecule has 3 N–H and O–H groups in total. The zero-order valence-corrected chi connectivity index (χ0v) is 11.8. The highest BCUT2D eigenvalue weighted by Gasteiger charge is 2.18. The van der Waals surface area contributed by atoms with Crippen LogP contribution in [0.4, 0.5) is 4.79 Å². The molecule has 0 aliphatic heterocycles. The highest BCUT2D eigenvalue weighted by molar-refractivity contribution is 5.73. The van der Waals surface area contributed by atoms with E-state index in [2.05, 4.69) is 38.3 Å². The molecule has 0 saturated heterocycles. The summed E-state index contributed by atoms with van der Waals surface area (Å²) in [5.41, 5.74) is 0. The molecule has 0 heterocycles. The predicted molar refractivity (Wildman–Crippen MR) is 70.8 cm³/mol. The van der Waals surface area contributed by atoms with Crippen molar-refractivity contribution in [3.8, 4) is 0 Å². The smallest absolute Gasteiger partial charge is 0.314 e. The monoisotopic (exact) mass is 244 g/mol. The molecule has 0 saturated carbocycles. The first kappa shape index (κ1) is 16.2. The molecule has 1 atom stereocenters. The summed E-state index contributed by atoms with van der Waals surface area (Å²) in [4.78, 5) is 11.5. The lowest BCUT2D eigenvalue weighted by Crippen LogP contribution is -2.42. The third-order valence-electron chi connectivity index (χ3n) is 3.13. The lowest BCUT2D eigenvalue weighted by molar-refractivity contribution is 0.216. The average molecular weight is 244 g/mol. The van der Waals surface area contributed by atoms with Crippen molar-refractivity contribution in [1.29, 1.82) is 0 Å². The molecule has 0 aromatic heterocycles. The highest BCUT2D eigenvalue weighted by atomic mass is 16.3. The summed E-state index contributed by atoms with van der Waals surface area (Å²) in [6.07, 6.45) is 0. The van der Waals surface area contributed by atoms with Crippen LogP contribution in [0, 0.1) is 23.7 Å². The molecule has 4 nitrogen and oxygen atoms in total. The molecule has 2 amide bonds. The number of rotatable bonds is 7. The predicted octanol–water partition coefficient (Wildman–Crippen LogP) is 1.84. The number of carbonyl (C=O) groups excluding carboxylic acids is 1. The molecule has 0 aliphatic rings. The van der Waals surface area contributed by atoms with E-state index in [1.807, 2.05) is 6.92 Å². The van der Waals surface area contributed by atoms with Crippen molar-refractivity contribution in [2.24, 2.45) is 23.7 Å². The van der Waals surface area contributed by atoms with Crippen LogP contribution in [0.1, 0.15) is 34.6 Å². The van der Waals surface area contributed by atoms with Gasteiger partial charge in [0.2, 0.25) is 0 Å². The third kappa shape index (κ3) is 7.21. The van der Waals surface area contributed by atoms with Crippen molar-refractivity contribution in [2.75, 3.05) is 19.7 Å². The minimum atomic E-state index is -0.142. The SMILES string of the molecule is CC(CO)CNC(=O)NCC(C(C)C)C(C)C. The molecule has 0 fully saturated rings. The van der Waals surface area contributed by atoms with Gasteiger partial charge in [-0.25, -0.2) is 4.79 Å². The van der Waals surface area contributed by atoms with Gasteiger partial charge in [-0.15, -0.1) is 0 Å². The maximum absolute atomic E-state index is 11.5. The Morgan fingerprint density at radius 1 is 1.00 bits per heavy atom. The van der Waals surface area contributed by atoms with Crippen LogP contribution >= 0.6 is 0 Å². The molecule has 0 spiro atoms. The van der Waals surface area contributed by atoms with Gasteiger partial charge in [0.25, 0.3) is 0 Å². The number of urea groups is 1. The maximum atomic E-state index is 11.5. The van der Waals surface area contributed by atoms with E-state index in [9.17, 15) is 4.79 Å².